The lowest BCUT2D eigenvalue weighted by atomic mass is 10.1. The van der Waals surface area contributed by atoms with Gasteiger partial charge in [-0.05, 0) is 37.3 Å². The number of nitrogens with zero attached hydrogens (tertiary/aromatic N) is 1. The molecule has 7 nitrogen and oxygen atoms in total. The van der Waals surface area contributed by atoms with Crippen molar-refractivity contribution in [3.63, 3.8) is 0 Å². The van der Waals surface area contributed by atoms with Crippen LogP contribution in [0.3, 0.4) is 0 Å². The minimum Gasteiger partial charge on any atom is -0.485 e. The molecule has 0 spiro atoms. The molecular formula is C18H16N2O5. The first-order chi connectivity index (χ1) is 12.2. The van der Waals surface area contributed by atoms with E-state index < -0.39 is 6.10 Å². The van der Waals surface area contributed by atoms with Crippen LogP contribution in [0.4, 0.5) is 0 Å². The van der Waals surface area contributed by atoms with Gasteiger partial charge in [0.05, 0.1) is 5.71 Å². The van der Waals surface area contributed by atoms with Crippen LogP contribution in [0, 0.1) is 0 Å². The van der Waals surface area contributed by atoms with Crippen LogP contribution >= 0.6 is 0 Å². The van der Waals surface area contributed by atoms with Gasteiger partial charge in [0.25, 0.3) is 5.91 Å². The summed E-state index contributed by atoms with van der Waals surface area (Å²) in [5.41, 5.74) is 3.99. The Hall–Kier alpha value is -3.22. The van der Waals surface area contributed by atoms with Gasteiger partial charge in [-0.1, -0.05) is 12.1 Å². The van der Waals surface area contributed by atoms with E-state index in [1.807, 2.05) is 30.3 Å². The van der Waals surface area contributed by atoms with E-state index >= 15 is 0 Å². The number of hydrogen-bond donors (Lipinski definition) is 1. The average Bonchev–Trinajstić information content (AvgIpc) is 3.13. The van der Waals surface area contributed by atoms with Gasteiger partial charge in [-0.25, -0.2) is 5.43 Å². The Morgan fingerprint density at radius 2 is 1.80 bits per heavy atom. The molecule has 4 rings (SSSR count). The van der Waals surface area contributed by atoms with E-state index in [0.29, 0.717) is 28.7 Å². The van der Waals surface area contributed by atoms with Gasteiger partial charge in [0.15, 0.2) is 23.0 Å². The molecule has 0 aliphatic carbocycles. The molecule has 25 heavy (non-hydrogen) atoms. The zero-order valence-electron chi connectivity index (χ0n) is 13.5. The Kier molecular flexibility index (Phi) is 3.89. The molecule has 7 heteroatoms. The second kappa shape index (κ2) is 6.35. The van der Waals surface area contributed by atoms with Gasteiger partial charge in [0.2, 0.25) is 12.9 Å². The molecule has 2 aliphatic rings. The van der Waals surface area contributed by atoms with E-state index in [4.69, 9.17) is 18.9 Å². The van der Waals surface area contributed by atoms with Gasteiger partial charge in [0.1, 0.15) is 6.61 Å². The van der Waals surface area contributed by atoms with Crippen molar-refractivity contribution in [1.82, 2.24) is 5.43 Å². The normalized spacial score (nSPS) is 18.0. The maximum absolute atomic E-state index is 12.3. The van der Waals surface area contributed by atoms with Crippen LogP contribution in [0.5, 0.6) is 23.0 Å². The molecule has 0 unspecified atom stereocenters. The monoisotopic (exact) mass is 340 g/mol. The lowest BCUT2D eigenvalue weighted by molar-refractivity contribution is -0.130. The number of carbonyl (C=O) groups excluding carboxylic acids is 1. The Balaban J connectivity index is 1.42. The molecule has 0 bridgehead atoms. The van der Waals surface area contributed by atoms with Crippen molar-refractivity contribution >= 4 is 11.6 Å². The number of amides is 1. The van der Waals surface area contributed by atoms with Crippen molar-refractivity contribution in [3.8, 4) is 23.0 Å². The summed E-state index contributed by atoms with van der Waals surface area (Å²) in [6.07, 6.45) is -0.747. The van der Waals surface area contributed by atoms with Crippen LogP contribution in [-0.4, -0.2) is 31.1 Å². The van der Waals surface area contributed by atoms with Gasteiger partial charge in [0, 0.05) is 5.56 Å². The van der Waals surface area contributed by atoms with E-state index in [9.17, 15) is 4.79 Å². The maximum Gasteiger partial charge on any atom is 0.284 e. The molecule has 0 saturated heterocycles. The molecule has 2 aromatic carbocycles. The highest BCUT2D eigenvalue weighted by Crippen LogP contribution is 2.33. The molecule has 1 amide bonds. The molecule has 0 saturated carbocycles. The van der Waals surface area contributed by atoms with Crippen LogP contribution in [0.15, 0.2) is 47.6 Å². The van der Waals surface area contributed by atoms with Gasteiger partial charge in [-0.2, -0.15) is 5.10 Å². The van der Waals surface area contributed by atoms with Crippen molar-refractivity contribution in [2.24, 2.45) is 5.10 Å². The van der Waals surface area contributed by atoms with E-state index in [1.54, 1.807) is 19.1 Å². The Morgan fingerprint density at radius 1 is 1.04 bits per heavy atom. The summed E-state index contributed by atoms with van der Waals surface area (Å²) in [6, 6.07) is 12.7. The highest BCUT2D eigenvalue weighted by Gasteiger charge is 2.27. The van der Waals surface area contributed by atoms with E-state index in [-0.39, 0.29) is 19.3 Å². The molecule has 2 aromatic rings. The van der Waals surface area contributed by atoms with E-state index in [1.165, 1.54) is 0 Å². The predicted molar refractivity (Wildman–Crippen MR) is 89.3 cm³/mol. The standard InChI is InChI=1S/C18H16N2O5/c1-11(12-6-7-14-16(8-12)24-10-23-14)19-20-18(21)17-9-22-13-4-2-3-5-15(13)25-17/h2-8,17H,9-10H2,1H3,(H,20,21)/b19-11-/t17-/m1/s1. The third-order valence-electron chi connectivity index (χ3n) is 3.93. The third kappa shape index (κ3) is 3.08. The van der Waals surface area contributed by atoms with E-state index in [2.05, 4.69) is 10.5 Å². The summed E-state index contributed by atoms with van der Waals surface area (Å²) < 4.78 is 21.8. The number of ether oxygens (including phenoxy) is 4. The first kappa shape index (κ1) is 15.3. The molecule has 0 fully saturated rings. The second-order valence-corrected chi connectivity index (χ2v) is 5.61. The van der Waals surface area contributed by atoms with Crippen LogP contribution in [0.2, 0.25) is 0 Å². The number of rotatable bonds is 3. The number of fused-ring (bicyclic) bond motifs is 2. The number of carbonyl (C=O) groups is 1. The fourth-order valence-electron chi connectivity index (χ4n) is 2.55. The number of hydrogen-bond acceptors (Lipinski definition) is 6. The highest BCUT2D eigenvalue weighted by molar-refractivity contribution is 6.00. The summed E-state index contributed by atoms with van der Waals surface area (Å²) >= 11 is 0. The first-order valence-electron chi connectivity index (χ1n) is 7.83. The third-order valence-corrected chi connectivity index (χ3v) is 3.93. The predicted octanol–water partition coefficient (Wildman–Crippen LogP) is 2.10. The summed E-state index contributed by atoms with van der Waals surface area (Å²) in [5.74, 6) is 2.18. The Bertz CT molecular complexity index is 849. The fourth-order valence-corrected chi connectivity index (χ4v) is 2.55. The molecule has 0 aromatic heterocycles. The lowest BCUT2D eigenvalue weighted by Gasteiger charge is -2.24. The molecule has 1 atom stereocenters. The molecule has 1 N–H and O–H groups in total. The van der Waals surface area contributed by atoms with Gasteiger partial charge < -0.3 is 18.9 Å². The largest absolute Gasteiger partial charge is 0.485 e. The number of para-hydroxylation sites is 2. The van der Waals surface area contributed by atoms with Crippen molar-refractivity contribution < 1.29 is 23.7 Å². The van der Waals surface area contributed by atoms with E-state index in [0.717, 1.165) is 5.56 Å². The van der Waals surface area contributed by atoms with Crippen LogP contribution in [-0.2, 0) is 4.79 Å². The highest BCUT2D eigenvalue weighted by atomic mass is 16.7. The topological polar surface area (TPSA) is 78.4 Å². The van der Waals surface area contributed by atoms with Gasteiger partial charge in [-0.3, -0.25) is 4.79 Å². The van der Waals surface area contributed by atoms with Gasteiger partial charge >= 0.3 is 0 Å². The Morgan fingerprint density at radius 3 is 2.68 bits per heavy atom. The number of benzene rings is 2. The quantitative estimate of drug-likeness (QED) is 0.684. The summed E-state index contributed by atoms with van der Waals surface area (Å²) in [4.78, 5) is 12.3. The van der Waals surface area contributed by atoms with Crippen LogP contribution in [0.25, 0.3) is 0 Å². The van der Waals surface area contributed by atoms with Gasteiger partial charge in [-0.15, -0.1) is 0 Å². The smallest absolute Gasteiger partial charge is 0.284 e. The zero-order chi connectivity index (χ0) is 17.2. The lowest BCUT2D eigenvalue weighted by Crippen LogP contribution is -2.42. The SMILES string of the molecule is C/C(=N/NC(=O)[C@H]1COc2ccccc2O1)c1ccc2c(c1)OCO2. The van der Waals surface area contributed by atoms with Crippen molar-refractivity contribution in [3.05, 3.63) is 48.0 Å². The summed E-state index contributed by atoms with van der Waals surface area (Å²) in [7, 11) is 0. The van der Waals surface area contributed by atoms with Crippen molar-refractivity contribution in [2.75, 3.05) is 13.4 Å². The first-order valence-corrected chi connectivity index (χ1v) is 7.83. The molecule has 0 radical (unpaired) electrons. The van der Waals surface area contributed by atoms with Crippen molar-refractivity contribution in [1.29, 1.82) is 0 Å². The fraction of sp³-hybridized carbons (Fsp3) is 0.222. The molecule has 2 heterocycles. The van der Waals surface area contributed by atoms with Crippen LogP contribution in [0.1, 0.15) is 12.5 Å². The molecule has 128 valence electrons. The maximum atomic E-state index is 12.3. The molecular weight excluding hydrogens is 324 g/mol. The Labute approximate surface area is 144 Å². The second-order valence-electron chi connectivity index (χ2n) is 5.61. The minimum absolute atomic E-state index is 0.140. The minimum atomic E-state index is -0.747. The summed E-state index contributed by atoms with van der Waals surface area (Å²) in [5, 5.41) is 4.14. The number of nitrogens with one attached hydrogen (secondary N) is 1. The summed E-state index contributed by atoms with van der Waals surface area (Å²) in [6.45, 7) is 2.15. The van der Waals surface area contributed by atoms with Crippen LogP contribution < -0.4 is 24.4 Å². The number of hydrazone groups is 1. The zero-order valence-corrected chi connectivity index (χ0v) is 13.5. The van der Waals surface area contributed by atoms with Crippen molar-refractivity contribution in [2.45, 2.75) is 13.0 Å². The molecule has 2 aliphatic heterocycles. The average molecular weight is 340 g/mol.